The average molecular weight is 268 g/mol. The molecule has 1 fully saturated rings. The van der Waals surface area contributed by atoms with Crippen LogP contribution < -0.4 is 5.73 Å². The first-order valence-electron chi connectivity index (χ1n) is 6.52. The van der Waals surface area contributed by atoms with Crippen LogP contribution in [0.4, 0.5) is 8.78 Å². The second-order valence-corrected chi connectivity index (χ2v) is 5.01. The van der Waals surface area contributed by atoms with E-state index in [4.69, 9.17) is 5.73 Å². The topological polar surface area (TPSA) is 46.3 Å². The summed E-state index contributed by atoms with van der Waals surface area (Å²) in [6.07, 6.45) is 2.10. The Hall–Kier alpha value is -1.49. The highest BCUT2D eigenvalue weighted by molar-refractivity contribution is 5.78. The minimum absolute atomic E-state index is 0.0517. The quantitative estimate of drug-likeness (QED) is 0.907. The van der Waals surface area contributed by atoms with E-state index in [2.05, 4.69) is 0 Å². The lowest BCUT2D eigenvalue weighted by molar-refractivity contribution is -0.132. The van der Waals surface area contributed by atoms with E-state index in [1.165, 1.54) is 6.07 Å². The fraction of sp³-hybridized carbons (Fsp3) is 0.500. The van der Waals surface area contributed by atoms with Gasteiger partial charge < -0.3 is 10.6 Å². The first-order valence-corrected chi connectivity index (χ1v) is 6.52. The van der Waals surface area contributed by atoms with Gasteiger partial charge in [0, 0.05) is 13.1 Å². The minimum atomic E-state index is -0.913. The van der Waals surface area contributed by atoms with Crippen molar-refractivity contribution in [2.24, 2.45) is 11.7 Å². The molecular weight excluding hydrogens is 250 g/mol. The van der Waals surface area contributed by atoms with Crippen molar-refractivity contribution < 1.29 is 13.6 Å². The van der Waals surface area contributed by atoms with Crippen LogP contribution in [0.5, 0.6) is 0 Å². The monoisotopic (exact) mass is 268 g/mol. The molecule has 0 aliphatic carbocycles. The van der Waals surface area contributed by atoms with Gasteiger partial charge in [-0.1, -0.05) is 6.07 Å². The maximum Gasteiger partial charge on any atom is 0.227 e. The van der Waals surface area contributed by atoms with Crippen molar-refractivity contribution in [1.82, 2.24) is 4.90 Å². The number of rotatable bonds is 3. The van der Waals surface area contributed by atoms with Crippen LogP contribution in [-0.4, -0.2) is 30.4 Å². The summed E-state index contributed by atoms with van der Waals surface area (Å²) in [6.45, 7) is 1.97. The molecule has 2 N–H and O–H groups in total. The molecule has 0 radical (unpaired) electrons. The van der Waals surface area contributed by atoms with Crippen LogP contribution in [0.2, 0.25) is 0 Å². The summed E-state index contributed by atoms with van der Waals surface area (Å²) in [5.41, 5.74) is 6.12. The molecule has 1 aliphatic rings. The second-order valence-electron chi connectivity index (χ2n) is 5.01. The molecule has 2 rings (SSSR count). The molecule has 1 amide bonds. The Kier molecular flexibility index (Phi) is 4.47. The Bertz CT molecular complexity index is 465. The van der Waals surface area contributed by atoms with E-state index in [1.54, 1.807) is 4.90 Å². The van der Waals surface area contributed by atoms with Crippen LogP contribution in [0.3, 0.4) is 0 Å². The van der Waals surface area contributed by atoms with Crippen molar-refractivity contribution in [3.63, 3.8) is 0 Å². The summed E-state index contributed by atoms with van der Waals surface area (Å²) in [4.78, 5) is 13.9. The van der Waals surface area contributed by atoms with Crippen molar-refractivity contribution in [3.8, 4) is 0 Å². The Balaban J connectivity index is 1.98. The van der Waals surface area contributed by atoms with E-state index in [1.807, 2.05) is 0 Å². The van der Waals surface area contributed by atoms with Crippen LogP contribution in [0.15, 0.2) is 18.2 Å². The molecular formula is C14H18F2N2O. The highest BCUT2D eigenvalue weighted by Crippen LogP contribution is 2.17. The Morgan fingerprint density at radius 2 is 2.16 bits per heavy atom. The van der Waals surface area contributed by atoms with Crippen molar-refractivity contribution in [1.29, 1.82) is 0 Å². The standard InChI is InChI=1S/C14H18F2N2O/c15-12-4-3-10(6-13(12)16)7-14(19)18-5-1-2-11(8-17)9-18/h3-4,6,11H,1-2,5,7-9,17H2. The summed E-state index contributed by atoms with van der Waals surface area (Å²) in [6, 6.07) is 3.58. The third kappa shape index (κ3) is 3.50. The Labute approximate surface area is 111 Å². The van der Waals surface area contributed by atoms with Crippen LogP contribution in [0.1, 0.15) is 18.4 Å². The van der Waals surface area contributed by atoms with Gasteiger partial charge in [0.15, 0.2) is 11.6 Å². The lowest BCUT2D eigenvalue weighted by Gasteiger charge is -2.32. The van der Waals surface area contributed by atoms with E-state index in [0.717, 1.165) is 31.5 Å². The van der Waals surface area contributed by atoms with Gasteiger partial charge in [0.25, 0.3) is 0 Å². The fourth-order valence-electron chi connectivity index (χ4n) is 2.42. The van der Waals surface area contributed by atoms with Crippen LogP contribution in [0, 0.1) is 17.6 Å². The number of nitrogens with zero attached hydrogens (tertiary/aromatic N) is 1. The van der Waals surface area contributed by atoms with Gasteiger partial charge >= 0.3 is 0 Å². The predicted molar refractivity (Wildman–Crippen MR) is 68.4 cm³/mol. The summed E-state index contributed by atoms with van der Waals surface area (Å²) in [5.74, 6) is -1.51. The molecule has 0 aromatic heterocycles. The molecule has 104 valence electrons. The maximum atomic E-state index is 13.1. The minimum Gasteiger partial charge on any atom is -0.342 e. The average Bonchev–Trinajstić information content (AvgIpc) is 2.43. The number of nitrogens with two attached hydrogens (primary N) is 1. The number of piperidine rings is 1. The number of carbonyl (C=O) groups excluding carboxylic acids is 1. The summed E-state index contributed by atoms with van der Waals surface area (Å²) in [5, 5.41) is 0. The zero-order valence-corrected chi connectivity index (χ0v) is 10.7. The molecule has 1 saturated heterocycles. The predicted octanol–water partition coefficient (Wildman–Crippen LogP) is 1.70. The number of benzene rings is 1. The lowest BCUT2D eigenvalue weighted by atomic mass is 9.97. The SMILES string of the molecule is NCC1CCCN(C(=O)Cc2ccc(F)c(F)c2)C1. The van der Waals surface area contributed by atoms with E-state index in [9.17, 15) is 13.6 Å². The lowest BCUT2D eigenvalue weighted by Crippen LogP contribution is -2.42. The van der Waals surface area contributed by atoms with Gasteiger partial charge in [-0.05, 0) is 43.0 Å². The van der Waals surface area contributed by atoms with Crippen molar-refractivity contribution >= 4 is 5.91 Å². The molecule has 1 heterocycles. The van der Waals surface area contributed by atoms with Gasteiger partial charge in [-0.2, -0.15) is 0 Å². The van der Waals surface area contributed by atoms with E-state index >= 15 is 0 Å². The Morgan fingerprint density at radius 1 is 1.37 bits per heavy atom. The molecule has 1 atom stereocenters. The van der Waals surface area contributed by atoms with Gasteiger partial charge in [-0.15, -0.1) is 0 Å². The third-order valence-electron chi connectivity index (χ3n) is 3.54. The molecule has 0 spiro atoms. The molecule has 0 saturated carbocycles. The second kappa shape index (κ2) is 6.10. The normalized spacial score (nSPS) is 19.5. The number of likely N-dealkylation sites (tertiary alicyclic amines) is 1. The molecule has 1 aliphatic heterocycles. The molecule has 5 heteroatoms. The maximum absolute atomic E-state index is 13.1. The molecule has 19 heavy (non-hydrogen) atoms. The van der Waals surface area contributed by atoms with E-state index in [-0.39, 0.29) is 12.3 Å². The van der Waals surface area contributed by atoms with Crippen LogP contribution in [-0.2, 0) is 11.2 Å². The van der Waals surface area contributed by atoms with Crippen molar-refractivity contribution in [2.75, 3.05) is 19.6 Å². The number of hydrogen-bond acceptors (Lipinski definition) is 2. The summed E-state index contributed by atoms with van der Waals surface area (Å²) in [7, 11) is 0. The molecule has 1 aromatic rings. The number of halogens is 2. The van der Waals surface area contributed by atoms with Crippen molar-refractivity contribution in [2.45, 2.75) is 19.3 Å². The van der Waals surface area contributed by atoms with Gasteiger partial charge in [0.2, 0.25) is 5.91 Å². The molecule has 1 unspecified atom stereocenters. The zero-order valence-electron chi connectivity index (χ0n) is 10.7. The molecule has 1 aromatic carbocycles. The number of hydrogen-bond donors (Lipinski definition) is 1. The highest BCUT2D eigenvalue weighted by Gasteiger charge is 2.22. The highest BCUT2D eigenvalue weighted by atomic mass is 19.2. The summed E-state index contributed by atoms with van der Waals surface area (Å²) < 4.78 is 25.9. The van der Waals surface area contributed by atoms with E-state index < -0.39 is 11.6 Å². The van der Waals surface area contributed by atoms with Crippen LogP contribution in [0.25, 0.3) is 0 Å². The van der Waals surface area contributed by atoms with Gasteiger partial charge in [0.1, 0.15) is 0 Å². The van der Waals surface area contributed by atoms with E-state index in [0.29, 0.717) is 24.6 Å². The third-order valence-corrected chi connectivity index (χ3v) is 3.54. The molecule has 0 bridgehead atoms. The van der Waals surface area contributed by atoms with Gasteiger partial charge in [0.05, 0.1) is 6.42 Å². The zero-order chi connectivity index (χ0) is 13.8. The number of carbonyl (C=O) groups is 1. The number of amides is 1. The Morgan fingerprint density at radius 3 is 2.84 bits per heavy atom. The van der Waals surface area contributed by atoms with Gasteiger partial charge in [-0.25, -0.2) is 8.78 Å². The molecule has 3 nitrogen and oxygen atoms in total. The first kappa shape index (κ1) is 13.9. The van der Waals surface area contributed by atoms with Gasteiger partial charge in [-0.3, -0.25) is 4.79 Å². The smallest absolute Gasteiger partial charge is 0.227 e. The fourth-order valence-corrected chi connectivity index (χ4v) is 2.42. The largest absolute Gasteiger partial charge is 0.342 e. The van der Waals surface area contributed by atoms with Crippen LogP contribution >= 0.6 is 0 Å². The van der Waals surface area contributed by atoms with Crippen molar-refractivity contribution in [3.05, 3.63) is 35.4 Å². The summed E-state index contributed by atoms with van der Waals surface area (Å²) >= 11 is 0. The first-order chi connectivity index (χ1) is 9.10.